The first-order valence-electron chi connectivity index (χ1n) is 12.8. The summed E-state index contributed by atoms with van der Waals surface area (Å²) in [5.74, 6) is 1.42. The lowest BCUT2D eigenvalue weighted by molar-refractivity contribution is -0.127. The van der Waals surface area contributed by atoms with Crippen molar-refractivity contribution in [3.63, 3.8) is 0 Å². The highest BCUT2D eigenvalue weighted by molar-refractivity contribution is 6.04. The van der Waals surface area contributed by atoms with Gasteiger partial charge >= 0.3 is 6.03 Å². The van der Waals surface area contributed by atoms with Crippen molar-refractivity contribution in [2.24, 2.45) is 5.92 Å². The number of nitrogens with zero attached hydrogens (tertiary/aromatic N) is 2. The van der Waals surface area contributed by atoms with Gasteiger partial charge in [0.15, 0.2) is 11.5 Å². The van der Waals surface area contributed by atoms with E-state index in [1.54, 1.807) is 20.3 Å². The first-order chi connectivity index (χ1) is 17.0. The molecule has 0 saturated carbocycles. The minimum absolute atomic E-state index is 0.0521. The molecule has 0 unspecified atom stereocenters. The Kier molecular flexibility index (Phi) is 8.49. The maximum absolute atomic E-state index is 12.8. The van der Waals surface area contributed by atoms with Crippen LogP contribution in [0.3, 0.4) is 0 Å². The van der Waals surface area contributed by atoms with Crippen LogP contribution in [0.5, 0.6) is 11.5 Å². The molecule has 4 rings (SSSR count). The number of ether oxygens (including phenoxy) is 2. The minimum Gasteiger partial charge on any atom is -0.493 e. The predicted octanol–water partition coefficient (Wildman–Crippen LogP) is 2.33. The molecule has 3 heterocycles. The molecule has 3 aliphatic heterocycles. The molecular formula is C26H38N4O5. The lowest BCUT2D eigenvalue weighted by atomic mass is 9.83. The fourth-order valence-corrected chi connectivity index (χ4v) is 5.69. The molecule has 0 aliphatic carbocycles. The van der Waals surface area contributed by atoms with Gasteiger partial charge in [0.05, 0.1) is 14.2 Å². The van der Waals surface area contributed by atoms with E-state index in [1.165, 1.54) is 43.7 Å². The molecule has 0 bridgehead atoms. The Labute approximate surface area is 207 Å². The fraction of sp³-hybridized carbons (Fsp3) is 0.654. The lowest BCUT2D eigenvalue weighted by Crippen LogP contribution is -2.51. The Morgan fingerprint density at radius 2 is 1.89 bits per heavy atom. The number of hydrogen-bond acceptors (Lipinski definition) is 6. The first kappa shape index (κ1) is 25.3. The van der Waals surface area contributed by atoms with Gasteiger partial charge in [-0.05, 0) is 75.2 Å². The number of fused-ring (bicyclic) bond motifs is 1. The van der Waals surface area contributed by atoms with Gasteiger partial charge in [0, 0.05) is 25.6 Å². The molecule has 1 aromatic rings. The zero-order chi connectivity index (χ0) is 24.8. The van der Waals surface area contributed by atoms with Crippen molar-refractivity contribution in [3.8, 4) is 11.5 Å². The molecule has 9 heteroatoms. The van der Waals surface area contributed by atoms with Crippen molar-refractivity contribution in [1.82, 2.24) is 20.4 Å². The standard InChI is InChI=1S/C26H38N4O5/c1-34-22-10-8-18(16-23(22)35-2)12-15-30-25(32)20(28-26(30)33)9-11-24(31)27-17-19-6-5-14-29-13-4-3-7-21(19)29/h8,10,16,19-21H,3-7,9,11-15,17H2,1-2H3,(H,27,31)(H,28,33)/t19-,20-,21+/m1/s1. The average Bonchev–Trinajstić information content (AvgIpc) is 3.16. The number of carbonyl (C=O) groups is 3. The maximum atomic E-state index is 12.8. The summed E-state index contributed by atoms with van der Waals surface area (Å²) in [4.78, 5) is 41.5. The van der Waals surface area contributed by atoms with Crippen LogP contribution in [0, 0.1) is 5.92 Å². The third-order valence-corrected chi connectivity index (χ3v) is 7.63. The third kappa shape index (κ3) is 6.07. The fourth-order valence-electron chi connectivity index (χ4n) is 5.69. The summed E-state index contributed by atoms with van der Waals surface area (Å²) in [6.07, 6.45) is 7.17. The highest BCUT2D eigenvalue weighted by atomic mass is 16.5. The summed E-state index contributed by atoms with van der Waals surface area (Å²) in [6.45, 7) is 3.33. The number of rotatable bonds is 10. The lowest BCUT2D eigenvalue weighted by Gasteiger charge is -2.44. The van der Waals surface area contributed by atoms with E-state index in [0.29, 0.717) is 42.8 Å². The summed E-state index contributed by atoms with van der Waals surface area (Å²) in [5, 5.41) is 5.82. The van der Waals surface area contributed by atoms with Gasteiger partial charge in [-0.15, -0.1) is 0 Å². The second-order valence-corrected chi connectivity index (χ2v) is 9.78. The largest absolute Gasteiger partial charge is 0.493 e. The van der Waals surface area contributed by atoms with Gasteiger partial charge in [0.1, 0.15) is 6.04 Å². The van der Waals surface area contributed by atoms with Crippen LogP contribution in [0.15, 0.2) is 18.2 Å². The molecule has 192 valence electrons. The van der Waals surface area contributed by atoms with E-state index in [-0.39, 0.29) is 24.8 Å². The molecule has 4 amide bonds. The number of benzene rings is 1. The summed E-state index contributed by atoms with van der Waals surface area (Å²) < 4.78 is 10.6. The van der Waals surface area contributed by atoms with Gasteiger partial charge in [-0.1, -0.05) is 12.5 Å². The highest BCUT2D eigenvalue weighted by Crippen LogP contribution is 2.30. The smallest absolute Gasteiger partial charge is 0.324 e. The van der Waals surface area contributed by atoms with Crippen molar-refractivity contribution in [2.75, 3.05) is 40.4 Å². The Balaban J connectivity index is 1.21. The number of methoxy groups -OCH3 is 2. The molecule has 3 fully saturated rings. The van der Waals surface area contributed by atoms with Crippen molar-refractivity contribution < 1.29 is 23.9 Å². The Bertz CT molecular complexity index is 921. The van der Waals surface area contributed by atoms with Crippen molar-refractivity contribution in [2.45, 2.75) is 63.5 Å². The molecule has 1 aromatic carbocycles. The summed E-state index contributed by atoms with van der Waals surface area (Å²) in [7, 11) is 3.14. The van der Waals surface area contributed by atoms with Crippen LogP contribution < -0.4 is 20.1 Å². The number of piperidine rings is 2. The Hall–Kier alpha value is -2.81. The molecular weight excluding hydrogens is 448 g/mol. The van der Waals surface area contributed by atoms with Crippen LogP contribution in [0.2, 0.25) is 0 Å². The molecule has 2 N–H and O–H groups in total. The summed E-state index contributed by atoms with van der Waals surface area (Å²) >= 11 is 0. The minimum atomic E-state index is -0.651. The zero-order valence-electron chi connectivity index (χ0n) is 20.9. The summed E-state index contributed by atoms with van der Waals surface area (Å²) in [6, 6.07) is 5.08. The molecule has 3 atom stereocenters. The van der Waals surface area contributed by atoms with Crippen LogP contribution in [-0.4, -0.2) is 80.1 Å². The SMILES string of the molecule is COc1ccc(CCN2C(=O)N[C@H](CCC(=O)NC[C@H]3CCCN4CCCC[C@@H]34)C2=O)cc1OC. The summed E-state index contributed by atoms with van der Waals surface area (Å²) in [5.41, 5.74) is 0.935. The van der Waals surface area contributed by atoms with E-state index in [4.69, 9.17) is 9.47 Å². The number of hydrogen-bond donors (Lipinski definition) is 2. The van der Waals surface area contributed by atoms with E-state index < -0.39 is 12.1 Å². The van der Waals surface area contributed by atoms with Crippen molar-refractivity contribution >= 4 is 17.8 Å². The number of nitrogens with one attached hydrogen (secondary N) is 2. The number of urea groups is 1. The molecule has 3 aliphatic rings. The molecule has 9 nitrogen and oxygen atoms in total. The molecule has 35 heavy (non-hydrogen) atoms. The van der Waals surface area contributed by atoms with Gasteiger partial charge in [0.2, 0.25) is 5.91 Å². The second-order valence-electron chi connectivity index (χ2n) is 9.78. The van der Waals surface area contributed by atoms with Crippen LogP contribution >= 0.6 is 0 Å². The van der Waals surface area contributed by atoms with E-state index in [0.717, 1.165) is 12.0 Å². The number of amides is 4. The number of carbonyl (C=O) groups excluding carboxylic acids is 3. The highest BCUT2D eigenvalue weighted by Gasteiger charge is 2.38. The Morgan fingerprint density at radius 1 is 1.09 bits per heavy atom. The number of imide groups is 1. The van der Waals surface area contributed by atoms with Gasteiger partial charge in [-0.2, -0.15) is 0 Å². The van der Waals surface area contributed by atoms with E-state index in [9.17, 15) is 14.4 Å². The van der Waals surface area contributed by atoms with Crippen LogP contribution in [-0.2, 0) is 16.0 Å². The van der Waals surface area contributed by atoms with Crippen molar-refractivity contribution in [1.29, 1.82) is 0 Å². The van der Waals surface area contributed by atoms with E-state index in [2.05, 4.69) is 15.5 Å². The topological polar surface area (TPSA) is 100 Å². The molecule has 0 aromatic heterocycles. The van der Waals surface area contributed by atoms with Gasteiger partial charge in [0.25, 0.3) is 5.91 Å². The monoisotopic (exact) mass is 486 g/mol. The van der Waals surface area contributed by atoms with E-state index >= 15 is 0 Å². The molecule has 0 radical (unpaired) electrons. The second kappa shape index (κ2) is 11.7. The third-order valence-electron chi connectivity index (χ3n) is 7.63. The predicted molar refractivity (Wildman–Crippen MR) is 131 cm³/mol. The van der Waals surface area contributed by atoms with Crippen LogP contribution in [0.4, 0.5) is 4.79 Å². The quantitative estimate of drug-likeness (QED) is 0.493. The first-order valence-corrected chi connectivity index (χ1v) is 12.8. The zero-order valence-corrected chi connectivity index (χ0v) is 20.9. The van der Waals surface area contributed by atoms with Crippen LogP contribution in [0.1, 0.15) is 50.5 Å². The average molecular weight is 487 g/mol. The van der Waals surface area contributed by atoms with Gasteiger partial charge in [-0.25, -0.2) is 4.79 Å². The maximum Gasteiger partial charge on any atom is 0.324 e. The van der Waals surface area contributed by atoms with Gasteiger partial charge in [-0.3, -0.25) is 14.5 Å². The van der Waals surface area contributed by atoms with Crippen molar-refractivity contribution in [3.05, 3.63) is 23.8 Å². The van der Waals surface area contributed by atoms with Crippen LogP contribution in [0.25, 0.3) is 0 Å². The van der Waals surface area contributed by atoms with Gasteiger partial charge < -0.3 is 25.0 Å². The van der Waals surface area contributed by atoms with E-state index in [1.807, 2.05) is 12.1 Å². The molecule has 3 saturated heterocycles. The normalized spacial score (nSPS) is 24.6. The Morgan fingerprint density at radius 3 is 2.69 bits per heavy atom. The molecule has 0 spiro atoms.